The number of ether oxygens (including phenoxy) is 1. The van der Waals surface area contributed by atoms with Crippen LogP contribution < -0.4 is 5.32 Å². The molecule has 3 heteroatoms. The first-order chi connectivity index (χ1) is 6.74. The molecule has 0 radical (unpaired) electrons. The molecule has 0 amide bonds. The molecule has 1 aromatic heterocycles. The molecule has 0 spiro atoms. The van der Waals surface area contributed by atoms with E-state index in [9.17, 15) is 0 Å². The average molecular weight is 211 g/mol. The molecule has 0 saturated carbocycles. The van der Waals surface area contributed by atoms with Gasteiger partial charge in [-0.15, -0.1) is 11.3 Å². The highest BCUT2D eigenvalue weighted by molar-refractivity contribution is 7.10. The van der Waals surface area contributed by atoms with Crippen LogP contribution in [0, 0.1) is 6.92 Å². The summed E-state index contributed by atoms with van der Waals surface area (Å²) in [6.45, 7) is 6.13. The molecule has 2 nitrogen and oxygen atoms in total. The standard InChI is InChI=1S/C11H17NOS/c1-8-3-11(14-7-8)5-12-10-4-9(2)13-6-10/h3,7,9-10,12H,4-6H2,1-2H3. The monoisotopic (exact) mass is 211 g/mol. The third-order valence-corrected chi connectivity index (χ3v) is 3.60. The van der Waals surface area contributed by atoms with E-state index in [-0.39, 0.29) is 0 Å². The van der Waals surface area contributed by atoms with Gasteiger partial charge in [0.1, 0.15) is 0 Å². The normalized spacial score (nSPS) is 27.0. The van der Waals surface area contributed by atoms with Crippen LogP contribution in [0.25, 0.3) is 0 Å². The Labute approximate surface area is 89.3 Å². The molecule has 1 aromatic rings. The predicted molar refractivity (Wildman–Crippen MR) is 59.7 cm³/mol. The Morgan fingerprint density at radius 3 is 3.07 bits per heavy atom. The Bertz CT molecular complexity index is 297. The summed E-state index contributed by atoms with van der Waals surface area (Å²) in [6, 6.07) is 2.80. The second-order valence-electron chi connectivity index (χ2n) is 4.05. The van der Waals surface area contributed by atoms with Gasteiger partial charge in [-0.1, -0.05) is 0 Å². The zero-order valence-electron chi connectivity index (χ0n) is 8.75. The summed E-state index contributed by atoms with van der Waals surface area (Å²) in [5, 5.41) is 5.73. The van der Waals surface area contributed by atoms with Crippen LogP contribution in [0.5, 0.6) is 0 Å². The van der Waals surface area contributed by atoms with Gasteiger partial charge in [0.25, 0.3) is 0 Å². The summed E-state index contributed by atoms with van der Waals surface area (Å²) in [7, 11) is 0. The quantitative estimate of drug-likeness (QED) is 0.828. The summed E-state index contributed by atoms with van der Waals surface area (Å²) < 4.78 is 5.50. The van der Waals surface area contributed by atoms with Crippen LogP contribution in [0.15, 0.2) is 11.4 Å². The largest absolute Gasteiger partial charge is 0.377 e. The van der Waals surface area contributed by atoms with Gasteiger partial charge >= 0.3 is 0 Å². The van der Waals surface area contributed by atoms with Crippen molar-refractivity contribution in [3.63, 3.8) is 0 Å². The van der Waals surface area contributed by atoms with E-state index >= 15 is 0 Å². The maximum atomic E-state index is 5.50. The first-order valence-electron chi connectivity index (χ1n) is 5.13. The Hall–Kier alpha value is -0.380. The Morgan fingerprint density at radius 2 is 2.50 bits per heavy atom. The van der Waals surface area contributed by atoms with E-state index in [1.165, 1.54) is 10.4 Å². The van der Waals surface area contributed by atoms with Gasteiger partial charge in [0, 0.05) is 17.5 Å². The van der Waals surface area contributed by atoms with Crippen LogP contribution >= 0.6 is 11.3 Å². The van der Waals surface area contributed by atoms with Gasteiger partial charge in [0.15, 0.2) is 0 Å². The molecule has 1 aliphatic rings. The van der Waals surface area contributed by atoms with Crippen molar-refractivity contribution in [2.45, 2.75) is 39.0 Å². The van der Waals surface area contributed by atoms with Crippen molar-refractivity contribution in [2.75, 3.05) is 6.61 Å². The van der Waals surface area contributed by atoms with E-state index in [1.807, 2.05) is 11.3 Å². The molecule has 2 unspecified atom stereocenters. The fraction of sp³-hybridized carbons (Fsp3) is 0.636. The van der Waals surface area contributed by atoms with Crippen LogP contribution in [-0.4, -0.2) is 18.8 Å². The van der Waals surface area contributed by atoms with E-state index in [2.05, 4.69) is 30.6 Å². The van der Waals surface area contributed by atoms with Crippen molar-refractivity contribution >= 4 is 11.3 Å². The van der Waals surface area contributed by atoms with Crippen LogP contribution in [-0.2, 0) is 11.3 Å². The molecule has 0 aliphatic carbocycles. The van der Waals surface area contributed by atoms with Gasteiger partial charge < -0.3 is 10.1 Å². The maximum absolute atomic E-state index is 5.50. The lowest BCUT2D eigenvalue weighted by atomic mass is 10.2. The molecule has 0 aromatic carbocycles. The molecule has 1 N–H and O–H groups in total. The molecule has 1 aliphatic heterocycles. The Balaban J connectivity index is 1.77. The highest BCUT2D eigenvalue weighted by atomic mass is 32.1. The lowest BCUT2D eigenvalue weighted by molar-refractivity contribution is 0.122. The molecule has 2 rings (SSSR count). The third-order valence-electron chi connectivity index (χ3n) is 2.55. The van der Waals surface area contributed by atoms with E-state index in [0.717, 1.165) is 19.6 Å². The van der Waals surface area contributed by atoms with Crippen molar-refractivity contribution in [3.05, 3.63) is 21.9 Å². The van der Waals surface area contributed by atoms with Crippen molar-refractivity contribution in [3.8, 4) is 0 Å². The van der Waals surface area contributed by atoms with Gasteiger partial charge in [0.2, 0.25) is 0 Å². The van der Waals surface area contributed by atoms with Crippen molar-refractivity contribution in [1.82, 2.24) is 5.32 Å². The zero-order valence-corrected chi connectivity index (χ0v) is 9.56. The summed E-state index contributed by atoms with van der Waals surface area (Å²) in [4.78, 5) is 1.42. The van der Waals surface area contributed by atoms with Crippen LogP contribution in [0.1, 0.15) is 23.8 Å². The van der Waals surface area contributed by atoms with Gasteiger partial charge in [-0.05, 0) is 37.3 Å². The van der Waals surface area contributed by atoms with Crippen LogP contribution in [0.4, 0.5) is 0 Å². The van der Waals surface area contributed by atoms with Gasteiger partial charge in [0.05, 0.1) is 12.7 Å². The lowest BCUT2D eigenvalue weighted by Crippen LogP contribution is -2.28. The summed E-state index contributed by atoms with van der Waals surface area (Å²) in [6.07, 6.45) is 1.57. The summed E-state index contributed by atoms with van der Waals surface area (Å²) in [5.74, 6) is 0. The number of hydrogen-bond acceptors (Lipinski definition) is 3. The topological polar surface area (TPSA) is 21.3 Å². The fourth-order valence-electron chi connectivity index (χ4n) is 1.79. The maximum Gasteiger partial charge on any atom is 0.0624 e. The number of hydrogen-bond donors (Lipinski definition) is 1. The molecule has 14 heavy (non-hydrogen) atoms. The smallest absolute Gasteiger partial charge is 0.0624 e. The predicted octanol–water partition coefficient (Wildman–Crippen LogP) is 2.32. The van der Waals surface area contributed by atoms with E-state index < -0.39 is 0 Å². The number of aryl methyl sites for hydroxylation is 1. The summed E-state index contributed by atoms with van der Waals surface area (Å²) in [5.41, 5.74) is 1.36. The Kier molecular flexibility index (Phi) is 3.21. The first kappa shape index (κ1) is 10.1. The van der Waals surface area contributed by atoms with E-state index in [0.29, 0.717) is 12.1 Å². The second kappa shape index (κ2) is 4.43. The average Bonchev–Trinajstić information content (AvgIpc) is 2.72. The molecule has 2 atom stereocenters. The van der Waals surface area contributed by atoms with E-state index in [4.69, 9.17) is 4.74 Å². The lowest BCUT2D eigenvalue weighted by Gasteiger charge is -2.08. The number of thiophene rings is 1. The molecular formula is C11H17NOS. The van der Waals surface area contributed by atoms with Crippen LogP contribution in [0.3, 0.4) is 0 Å². The van der Waals surface area contributed by atoms with Gasteiger partial charge in [-0.2, -0.15) is 0 Å². The van der Waals surface area contributed by atoms with Crippen molar-refractivity contribution in [1.29, 1.82) is 0 Å². The minimum Gasteiger partial charge on any atom is -0.377 e. The fourth-order valence-corrected chi connectivity index (χ4v) is 2.61. The van der Waals surface area contributed by atoms with E-state index in [1.54, 1.807) is 0 Å². The van der Waals surface area contributed by atoms with Gasteiger partial charge in [-0.3, -0.25) is 0 Å². The highest BCUT2D eigenvalue weighted by Crippen LogP contribution is 2.16. The molecular weight excluding hydrogens is 194 g/mol. The number of nitrogens with one attached hydrogen (secondary N) is 1. The molecule has 1 fully saturated rings. The van der Waals surface area contributed by atoms with Crippen LogP contribution in [0.2, 0.25) is 0 Å². The molecule has 1 saturated heterocycles. The molecule has 2 heterocycles. The summed E-state index contributed by atoms with van der Waals surface area (Å²) >= 11 is 1.83. The minimum atomic E-state index is 0.428. The highest BCUT2D eigenvalue weighted by Gasteiger charge is 2.21. The SMILES string of the molecule is Cc1csc(CNC2COC(C)C2)c1. The third kappa shape index (κ3) is 2.56. The second-order valence-corrected chi connectivity index (χ2v) is 5.04. The molecule has 0 bridgehead atoms. The zero-order chi connectivity index (χ0) is 9.97. The van der Waals surface area contributed by atoms with Gasteiger partial charge in [-0.25, -0.2) is 0 Å². The Morgan fingerprint density at radius 1 is 1.64 bits per heavy atom. The minimum absolute atomic E-state index is 0.428. The first-order valence-corrected chi connectivity index (χ1v) is 6.01. The van der Waals surface area contributed by atoms with Crippen molar-refractivity contribution in [2.24, 2.45) is 0 Å². The molecule has 78 valence electrons. The van der Waals surface area contributed by atoms with Crippen molar-refractivity contribution < 1.29 is 4.74 Å². The number of rotatable bonds is 3.